The first-order valence-electron chi connectivity index (χ1n) is 26.0. The van der Waals surface area contributed by atoms with E-state index < -0.39 is 0 Å². The first kappa shape index (κ1) is 51.4. The molecule has 1 aliphatic rings. The second kappa shape index (κ2) is 43.5. The van der Waals surface area contributed by atoms with Crippen LogP contribution in [0.4, 0.5) is 0 Å². The van der Waals surface area contributed by atoms with E-state index in [0.717, 1.165) is 0 Å². The summed E-state index contributed by atoms with van der Waals surface area (Å²) in [6.07, 6.45) is 69.4. The number of rotatable bonds is 46. The zero-order valence-electron chi connectivity index (χ0n) is 38.2. The summed E-state index contributed by atoms with van der Waals surface area (Å²) in [5.41, 5.74) is 0. The molecule has 1 unspecified atom stereocenters. The van der Waals surface area contributed by atoms with Crippen LogP contribution in [0.2, 0.25) is 0 Å². The van der Waals surface area contributed by atoms with Gasteiger partial charge in [0, 0.05) is 25.5 Å². The zero-order valence-corrected chi connectivity index (χ0v) is 38.2. The molecule has 2 heteroatoms. The molecule has 0 bridgehead atoms. The zero-order chi connectivity index (χ0) is 38.7. The van der Waals surface area contributed by atoms with Crippen LogP contribution in [0.1, 0.15) is 303 Å². The van der Waals surface area contributed by atoms with Gasteiger partial charge >= 0.3 is 0 Å². The lowest BCUT2D eigenvalue weighted by Gasteiger charge is -2.33. The summed E-state index contributed by atoms with van der Waals surface area (Å²) < 4.78 is 0. The second-order valence-electron chi connectivity index (χ2n) is 18.2. The van der Waals surface area contributed by atoms with Crippen molar-refractivity contribution in [2.75, 3.05) is 13.1 Å². The molecule has 54 heavy (non-hydrogen) atoms. The van der Waals surface area contributed by atoms with Crippen molar-refractivity contribution in [3.05, 3.63) is 12.4 Å². The fourth-order valence-corrected chi connectivity index (χ4v) is 9.02. The van der Waals surface area contributed by atoms with E-state index in [2.05, 4.69) is 43.0 Å². The first-order valence-corrected chi connectivity index (χ1v) is 26.0. The van der Waals surface area contributed by atoms with Gasteiger partial charge in [0.25, 0.3) is 0 Å². The van der Waals surface area contributed by atoms with Crippen LogP contribution in [0.5, 0.6) is 0 Å². The van der Waals surface area contributed by atoms with Crippen LogP contribution in [-0.2, 0) is 0 Å². The molecule has 0 radical (unpaired) electrons. The van der Waals surface area contributed by atoms with E-state index in [9.17, 15) is 0 Å². The van der Waals surface area contributed by atoms with E-state index in [-0.39, 0.29) is 0 Å². The summed E-state index contributed by atoms with van der Waals surface area (Å²) >= 11 is 0. The minimum Gasteiger partial charge on any atom is -0.356 e. The molecular weight excluding hydrogens is 653 g/mol. The van der Waals surface area contributed by atoms with Gasteiger partial charge in [0.2, 0.25) is 0 Å². The Kier molecular flexibility index (Phi) is 41.3. The van der Waals surface area contributed by atoms with E-state index >= 15 is 0 Å². The highest BCUT2D eigenvalue weighted by atomic mass is 15.4. The smallest absolute Gasteiger partial charge is 0.101 e. The fraction of sp³-hybridized carbons (Fsp3) is 0.962. The maximum atomic E-state index is 2.74. The van der Waals surface area contributed by atoms with E-state index in [0.29, 0.717) is 6.17 Å². The standard InChI is InChI=1S/C52H104N2/c1-4-7-10-13-16-19-22-25-27-29-31-34-37-40-43-46-49-54-51-50-53(48-45-42-39-36-33-24-21-18-15-12-9-6-3)52(54)47-44-41-38-35-32-30-28-26-23-20-17-14-11-8-5-2/h50-52H,4-49H2,1-3H3. The molecule has 2 nitrogen and oxygen atoms in total. The Morgan fingerprint density at radius 2 is 0.426 bits per heavy atom. The fourth-order valence-electron chi connectivity index (χ4n) is 9.02. The highest BCUT2D eigenvalue weighted by Gasteiger charge is 2.25. The molecule has 0 aromatic heterocycles. The summed E-state index contributed by atoms with van der Waals surface area (Å²) in [6.45, 7) is 9.50. The largest absolute Gasteiger partial charge is 0.356 e. The molecule has 322 valence electrons. The van der Waals surface area contributed by atoms with Gasteiger partial charge in [-0.2, -0.15) is 0 Å². The topological polar surface area (TPSA) is 6.48 Å². The molecule has 0 N–H and O–H groups in total. The van der Waals surface area contributed by atoms with Crippen molar-refractivity contribution in [1.29, 1.82) is 0 Å². The minimum absolute atomic E-state index is 0.635. The molecule has 0 aromatic rings. The Morgan fingerprint density at radius 3 is 0.648 bits per heavy atom. The van der Waals surface area contributed by atoms with Crippen molar-refractivity contribution in [2.24, 2.45) is 0 Å². The van der Waals surface area contributed by atoms with E-state index in [4.69, 9.17) is 0 Å². The lowest BCUT2D eigenvalue weighted by molar-refractivity contribution is 0.135. The molecule has 0 saturated heterocycles. The third kappa shape index (κ3) is 34.6. The van der Waals surface area contributed by atoms with Crippen LogP contribution in [0, 0.1) is 0 Å². The third-order valence-corrected chi connectivity index (χ3v) is 12.8. The van der Waals surface area contributed by atoms with Crippen LogP contribution < -0.4 is 0 Å². The molecule has 1 rings (SSSR count). The molecule has 1 aliphatic heterocycles. The van der Waals surface area contributed by atoms with E-state index in [1.54, 1.807) is 0 Å². The molecular formula is C52H104N2. The highest BCUT2D eigenvalue weighted by molar-refractivity contribution is 4.97. The normalized spacial score (nSPS) is 14.3. The SMILES string of the molecule is CCCCCCCCCCCCCCCCCCN1C=CN(CCCCCCCCCCCCCC)C1CCCCCCCCCCCCCCCCC. The Morgan fingerprint density at radius 1 is 0.241 bits per heavy atom. The molecule has 0 amide bonds. The van der Waals surface area contributed by atoms with Gasteiger partial charge in [0.15, 0.2) is 0 Å². The predicted molar refractivity (Wildman–Crippen MR) is 247 cm³/mol. The number of hydrogen-bond acceptors (Lipinski definition) is 2. The van der Waals surface area contributed by atoms with Crippen LogP contribution in [0.15, 0.2) is 12.4 Å². The maximum absolute atomic E-state index is 2.74. The first-order chi connectivity index (χ1) is 26.8. The molecule has 0 aromatic carbocycles. The summed E-state index contributed by atoms with van der Waals surface area (Å²) in [5, 5.41) is 0. The second-order valence-corrected chi connectivity index (χ2v) is 18.2. The lowest BCUT2D eigenvalue weighted by Crippen LogP contribution is -2.39. The van der Waals surface area contributed by atoms with Gasteiger partial charge in [-0.1, -0.05) is 278 Å². The number of hydrogen-bond donors (Lipinski definition) is 0. The van der Waals surface area contributed by atoms with Gasteiger partial charge in [-0.05, 0) is 25.7 Å². The summed E-state index contributed by atoms with van der Waals surface area (Å²) in [6, 6.07) is 0. The molecule has 1 atom stereocenters. The molecule has 0 fully saturated rings. The summed E-state index contributed by atoms with van der Waals surface area (Å²) in [4.78, 5) is 5.49. The Balaban J connectivity index is 2.19. The van der Waals surface area contributed by atoms with Crippen molar-refractivity contribution in [3.63, 3.8) is 0 Å². The quantitative estimate of drug-likeness (QED) is 0.0571. The van der Waals surface area contributed by atoms with Crippen molar-refractivity contribution in [2.45, 2.75) is 309 Å². The molecule has 0 aliphatic carbocycles. The van der Waals surface area contributed by atoms with E-state index in [1.165, 1.54) is 296 Å². The Bertz CT molecular complexity index is 717. The van der Waals surface area contributed by atoms with Gasteiger partial charge in [0.1, 0.15) is 6.17 Å². The molecule has 1 heterocycles. The van der Waals surface area contributed by atoms with Crippen molar-refractivity contribution >= 4 is 0 Å². The lowest BCUT2D eigenvalue weighted by atomic mass is 10.0. The van der Waals surface area contributed by atoms with Crippen LogP contribution >= 0.6 is 0 Å². The Labute approximate surface area is 343 Å². The van der Waals surface area contributed by atoms with Crippen molar-refractivity contribution in [3.8, 4) is 0 Å². The Hall–Kier alpha value is -0.660. The van der Waals surface area contributed by atoms with Crippen LogP contribution in [-0.4, -0.2) is 29.1 Å². The van der Waals surface area contributed by atoms with Gasteiger partial charge < -0.3 is 9.80 Å². The van der Waals surface area contributed by atoms with Crippen molar-refractivity contribution in [1.82, 2.24) is 9.80 Å². The third-order valence-electron chi connectivity index (χ3n) is 12.8. The van der Waals surface area contributed by atoms with Crippen molar-refractivity contribution < 1.29 is 0 Å². The van der Waals surface area contributed by atoms with Gasteiger partial charge in [-0.15, -0.1) is 0 Å². The van der Waals surface area contributed by atoms with Gasteiger partial charge in [-0.3, -0.25) is 0 Å². The molecule has 0 saturated carbocycles. The number of nitrogens with zero attached hydrogens (tertiary/aromatic N) is 2. The highest BCUT2D eigenvalue weighted by Crippen LogP contribution is 2.24. The predicted octanol–water partition coefficient (Wildman–Crippen LogP) is 18.6. The summed E-state index contributed by atoms with van der Waals surface area (Å²) in [5.74, 6) is 0. The average Bonchev–Trinajstić information content (AvgIpc) is 3.57. The molecule has 0 spiro atoms. The minimum atomic E-state index is 0.635. The summed E-state index contributed by atoms with van der Waals surface area (Å²) in [7, 11) is 0. The van der Waals surface area contributed by atoms with Crippen LogP contribution in [0.3, 0.4) is 0 Å². The van der Waals surface area contributed by atoms with E-state index in [1.807, 2.05) is 0 Å². The number of unbranched alkanes of at least 4 members (excludes halogenated alkanes) is 40. The maximum Gasteiger partial charge on any atom is 0.101 e. The average molecular weight is 757 g/mol. The van der Waals surface area contributed by atoms with Gasteiger partial charge in [0.05, 0.1) is 0 Å². The monoisotopic (exact) mass is 757 g/mol. The van der Waals surface area contributed by atoms with Crippen LogP contribution in [0.25, 0.3) is 0 Å². The van der Waals surface area contributed by atoms with Gasteiger partial charge in [-0.25, -0.2) is 0 Å².